The predicted octanol–water partition coefficient (Wildman–Crippen LogP) is 10.7. The number of hydrogen-bond donors (Lipinski definition) is 0. The van der Waals surface area contributed by atoms with Gasteiger partial charge in [-0.3, -0.25) is 4.40 Å². The summed E-state index contributed by atoms with van der Waals surface area (Å²) < 4.78 is 8.86. The molecule has 0 saturated heterocycles. The quantitative estimate of drug-likeness (QED) is 0.189. The van der Waals surface area contributed by atoms with Crippen molar-refractivity contribution in [3.63, 3.8) is 0 Å². The van der Waals surface area contributed by atoms with E-state index in [0.717, 1.165) is 68.5 Å². The van der Waals surface area contributed by atoms with Crippen molar-refractivity contribution in [2.45, 2.75) is 44.9 Å². The monoisotopic (exact) mass is 583 g/mol. The van der Waals surface area contributed by atoms with Crippen molar-refractivity contribution in [3.8, 4) is 22.5 Å². The molecule has 0 radical (unpaired) electrons. The van der Waals surface area contributed by atoms with Crippen LogP contribution in [0.3, 0.4) is 0 Å². The van der Waals surface area contributed by atoms with Crippen LogP contribution < -0.4 is 0 Å². The number of furan rings is 1. The molecule has 2 saturated carbocycles. The molecule has 3 atom stereocenters. The van der Waals surface area contributed by atoms with Crippen molar-refractivity contribution in [2.75, 3.05) is 0 Å². The Kier molecular flexibility index (Phi) is 4.97. The van der Waals surface area contributed by atoms with Crippen LogP contribution in [0.15, 0.2) is 108 Å². The summed E-state index contributed by atoms with van der Waals surface area (Å²) in [7, 11) is 0. The fourth-order valence-electron chi connectivity index (χ4n) is 8.10. The minimum Gasteiger partial charge on any atom is -0.455 e. The Balaban J connectivity index is 1.14. The molecule has 0 spiro atoms. The maximum Gasteiger partial charge on any atom is 0.169 e. The van der Waals surface area contributed by atoms with E-state index in [9.17, 15) is 0 Å². The predicted molar refractivity (Wildman–Crippen MR) is 184 cm³/mol. The van der Waals surface area contributed by atoms with Crippen LogP contribution in [-0.4, -0.2) is 14.6 Å². The summed E-state index contributed by atoms with van der Waals surface area (Å²) in [5.41, 5.74) is 10.5. The highest BCUT2D eigenvalue weighted by molar-refractivity contribution is 6.12. The maximum atomic E-state index is 6.66. The topological polar surface area (TPSA) is 43.3 Å². The molecule has 4 nitrogen and oxygen atoms in total. The van der Waals surface area contributed by atoms with Gasteiger partial charge in [-0.2, -0.15) is 0 Å². The molecule has 5 aromatic carbocycles. The third kappa shape index (κ3) is 3.43. The largest absolute Gasteiger partial charge is 0.455 e. The summed E-state index contributed by atoms with van der Waals surface area (Å²) in [6.45, 7) is 7.03. The van der Waals surface area contributed by atoms with Gasteiger partial charge in [-0.05, 0) is 88.4 Å². The highest BCUT2D eigenvalue weighted by Gasteiger charge is 2.73. The van der Waals surface area contributed by atoms with E-state index in [1.54, 1.807) is 0 Å². The molecule has 2 aliphatic rings. The lowest BCUT2D eigenvalue weighted by Crippen LogP contribution is -2.10. The van der Waals surface area contributed by atoms with Crippen molar-refractivity contribution in [3.05, 3.63) is 114 Å². The van der Waals surface area contributed by atoms with Crippen molar-refractivity contribution in [1.82, 2.24) is 14.6 Å². The first-order valence-corrected chi connectivity index (χ1v) is 16.3. The number of hydrogen-bond acceptors (Lipinski definition) is 3. The highest BCUT2D eigenvalue weighted by atomic mass is 16.3. The van der Waals surface area contributed by atoms with E-state index < -0.39 is 0 Å². The van der Waals surface area contributed by atoms with Crippen LogP contribution in [0.25, 0.3) is 71.8 Å². The van der Waals surface area contributed by atoms with Gasteiger partial charge in [-0.15, -0.1) is 10.2 Å². The second-order valence-electron chi connectivity index (χ2n) is 13.6. The number of para-hydroxylation sites is 1. The number of nitrogens with zero attached hydrogens (tertiary/aromatic N) is 3. The Morgan fingerprint density at radius 2 is 1.51 bits per heavy atom. The average molecular weight is 584 g/mol. The van der Waals surface area contributed by atoms with Crippen LogP contribution in [0.4, 0.5) is 0 Å². The molecule has 2 aliphatic carbocycles. The summed E-state index contributed by atoms with van der Waals surface area (Å²) in [6.07, 6.45) is 2.49. The Morgan fingerprint density at radius 3 is 2.27 bits per heavy atom. The van der Waals surface area contributed by atoms with Gasteiger partial charge in [-0.1, -0.05) is 93.6 Å². The zero-order valence-corrected chi connectivity index (χ0v) is 25.7. The molecule has 2 fully saturated rings. The van der Waals surface area contributed by atoms with E-state index >= 15 is 0 Å². The molecule has 0 aliphatic heterocycles. The average Bonchev–Trinajstić information content (AvgIpc) is 3.91. The summed E-state index contributed by atoms with van der Waals surface area (Å²) in [5.74, 6) is 3.08. The molecular weight excluding hydrogens is 550 g/mol. The lowest BCUT2D eigenvalue weighted by atomic mass is 9.87. The van der Waals surface area contributed by atoms with Gasteiger partial charge in [-0.25, -0.2) is 0 Å². The van der Waals surface area contributed by atoms with E-state index in [2.05, 4.69) is 128 Å². The molecule has 218 valence electrons. The second kappa shape index (κ2) is 8.82. The summed E-state index contributed by atoms with van der Waals surface area (Å²) in [5, 5.41) is 15.4. The Hall–Kier alpha value is -4.96. The molecule has 8 aromatic rings. The van der Waals surface area contributed by atoms with Crippen LogP contribution in [-0.2, 0) is 5.41 Å². The van der Waals surface area contributed by atoms with Crippen LogP contribution in [0.2, 0.25) is 0 Å². The minimum atomic E-state index is 0.369. The first-order valence-electron chi connectivity index (χ1n) is 16.3. The Morgan fingerprint density at radius 1 is 0.778 bits per heavy atom. The third-order valence-corrected chi connectivity index (χ3v) is 11.3. The smallest absolute Gasteiger partial charge is 0.169 e. The van der Waals surface area contributed by atoms with Gasteiger partial charge in [0.1, 0.15) is 11.2 Å². The Bertz CT molecular complexity index is 2490. The molecule has 10 rings (SSSR count). The third-order valence-electron chi connectivity index (χ3n) is 11.3. The normalized spacial score (nSPS) is 21.2. The number of benzene rings is 5. The summed E-state index contributed by atoms with van der Waals surface area (Å²) in [4.78, 5) is 0. The van der Waals surface area contributed by atoms with E-state index in [0.29, 0.717) is 11.3 Å². The van der Waals surface area contributed by atoms with Gasteiger partial charge in [0.2, 0.25) is 0 Å². The fraction of sp³-hybridized carbons (Fsp3) is 0.220. The van der Waals surface area contributed by atoms with Gasteiger partial charge >= 0.3 is 0 Å². The van der Waals surface area contributed by atoms with Crippen molar-refractivity contribution < 1.29 is 4.42 Å². The summed E-state index contributed by atoms with van der Waals surface area (Å²) >= 11 is 0. The zero-order chi connectivity index (χ0) is 30.0. The van der Waals surface area contributed by atoms with Gasteiger partial charge in [0.05, 0.1) is 5.52 Å². The van der Waals surface area contributed by atoms with Crippen molar-refractivity contribution in [2.24, 2.45) is 11.8 Å². The minimum absolute atomic E-state index is 0.369. The van der Waals surface area contributed by atoms with E-state index in [1.165, 1.54) is 39.1 Å². The van der Waals surface area contributed by atoms with Crippen LogP contribution in [0, 0.1) is 11.8 Å². The lowest BCUT2D eigenvalue weighted by molar-refractivity contribution is 0.562. The first-order chi connectivity index (χ1) is 22.0. The second-order valence-corrected chi connectivity index (χ2v) is 13.6. The first kappa shape index (κ1) is 25.4. The van der Waals surface area contributed by atoms with E-state index in [4.69, 9.17) is 14.6 Å². The highest BCUT2D eigenvalue weighted by Crippen LogP contribution is 2.77. The number of rotatable bonds is 5. The van der Waals surface area contributed by atoms with Gasteiger partial charge in [0.25, 0.3) is 0 Å². The van der Waals surface area contributed by atoms with Crippen molar-refractivity contribution in [1.29, 1.82) is 0 Å². The molecule has 0 N–H and O–H groups in total. The Labute approximate surface area is 261 Å². The molecule has 3 unspecified atom stereocenters. The number of aromatic nitrogens is 3. The molecule has 3 heterocycles. The van der Waals surface area contributed by atoms with Gasteiger partial charge in [0.15, 0.2) is 11.5 Å². The van der Waals surface area contributed by atoms with Crippen molar-refractivity contribution >= 4 is 49.3 Å². The molecule has 45 heavy (non-hydrogen) atoms. The molecule has 0 bridgehead atoms. The van der Waals surface area contributed by atoms with Crippen LogP contribution >= 0.6 is 0 Å². The lowest BCUT2D eigenvalue weighted by Gasteiger charge is -2.17. The number of pyridine rings is 1. The maximum absolute atomic E-state index is 6.66. The molecule has 3 aromatic heterocycles. The van der Waals surface area contributed by atoms with Gasteiger partial charge < -0.3 is 4.42 Å². The van der Waals surface area contributed by atoms with E-state index in [1.807, 2.05) is 0 Å². The summed E-state index contributed by atoms with van der Waals surface area (Å²) in [6, 6.07) is 37.4. The fourth-order valence-corrected chi connectivity index (χ4v) is 8.10. The zero-order valence-electron chi connectivity index (χ0n) is 25.7. The standard InChI is InChI=1S/C41H33N3O/c1-4-23(2)26-19-31(38-33(20-26)32-21-27(17-18-37(32)45-38)41(3)34-22-35(34)41)24-13-15-25(16-14-24)39-42-43-40-30-11-6-5-9-28(30)29-10-7-8-12-36(29)44(39)40/h5-21,23,34-35H,4,22H2,1-3H3. The number of fused-ring (bicyclic) bond motifs is 10. The van der Waals surface area contributed by atoms with Crippen LogP contribution in [0.5, 0.6) is 0 Å². The molecule has 4 heteroatoms. The molecule has 0 amide bonds. The van der Waals surface area contributed by atoms with E-state index in [-0.39, 0.29) is 0 Å². The SMILES string of the molecule is CCC(C)c1cc(-c2ccc(-c3nnc4c5ccccc5c5ccccc5n34)cc2)c2oc3ccc(C4(C)C5CC54)cc3c2c1. The van der Waals surface area contributed by atoms with Crippen LogP contribution in [0.1, 0.15) is 50.7 Å². The molecular formula is C41H33N3O. The van der Waals surface area contributed by atoms with Gasteiger partial charge in [0, 0.05) is 32.7 Å².